The Hall–Kier alpha value is -1.15. The summed E-state index contributed by atoms with van der Waals surface area (Å²) in [5, 5.41) is 9.07. The van der Waals surface area contributed by atoms with Crippen LogP contribution in [-0.4, -0.2) is 61.4 Å². The molecule has 0 saturated carbocycles. The molecule has 19 heavy (non-hydrogen) atoms. The highest BCUT2D eigenvalue weighted by Gasteiger charge is 2.40. The first-order valence-electron chi connectivity index (χ1n) is 6.09. The van der Waals surface area contributed by atoms with Crippen LogP contribution in [-0.2, 0) is 19.4 Å². The molecule has 1 unspecified atom stereocenters. The topological polar surface area (TPSA) is 118 Å². The SMILES string of the molecule is CC1(C(=O)O)CCN(CCS(=O)(=O)CCC(N)=O)C1. The molecule has 1 heterocycles. The smallest absolute Gasteiger partial charge is 0.310 e. The highest BCUT2D eigenvalue weighted by Crippen LogP contribution is 2.29. The van der Waals surface area contributed by atoms with E-state index in [1.54, 1.807) is 6.92 Å². The van der Waals surface area contributed by atoms with Gasteiger partial charge in [0.15, 0.2) is 9.84 Å². The lowest BCUT2D eigenvalue weighted by atomic mass is 9.90. The number of carbonyl (C=O) groups excluding carboxylic acids is 1. The maximum atomic E-state index is 11.6. The average Bonchev–Trinajstić information content (AvgIpc) is 2.68. The number of likely N-dealkylation sites (tertiary alicyclic amines) is 1. The van der Waals surface area contributed by atoms with E-state index in [9.17, 15) is 18.0 Å². The van der Waals surface area contributed by atoms with Gasteiger partial charge in [-0.1, -0.05) is 0 Å². The number of carboxylic acids is 1. The van der Waals surface area contributed by atoms with Gasteiger partial charge >= 0.3 is 5.97 Å². The fraction of sp³-hybridized carbons (Fsp3) is 0.818. The monoisotopic (exact) mass is 292 g/mol. The van der Waals surface area contributed by atoms with Gasteiger partial charge in [-0.05, 0) is 19.9 Å². The van der Waals surface area contributed by atoms with Crippen molar-refractivity contribution in [2.45, 2.75) is 19.8 Å². The molecule has 1 aliphatic rings. The normalized spacial score (nSPS) is 24.5. The first kappa shape index (κ1) is 15.9. The molecule has 1 saturated heterocycles. The quantitative estimate of drug-likeness (QED) is 0.626. The second kappa shape index (κ2) is 5.87. The minimum absolute atomic E-state index is 0.0734. The standard InChI is InChI=1S/C11H20N2O5S/c1-11(10(15)16)3-4-13(8-11)5-7-19(17,18)6-2-9(12)14/h2-8H2,1H3,(H2,12,14)(H,15,16). The number of carboxylic acid groups (broad SMARTS) is 1. The van der Waals surface area contributed by atoms with Crippen molar-refractivity contribution < 1.29 is 23.1 Å². The summed E-state index contributed by atoms with van der Waals surface area (Å²) in [5.74, 6) is -1.81. The highest BCUT2D eigenvalue weighted by molar-refractivity contribution is 7.91. The van der Waals surface area contributed by atoms with Crippen LogP contribution in [0.15, 0.2) is 0 Å². The van der Waals surface area contributed by atoms with Gasteiger partial charge in [0.25, 0.3) is 0 Å². The molecule has 1 fully saturated rings. The van der Waals surface area contributed by atoms with Crippen molar-refractivity contribution in [3.05, 3.63) is 0 Å². The van der Waals surface area contributed by atoms with E-state index in [0.717, 1.165) is 0 Å². The van der Waals surface area contributed by atoms with Crippen LogP contribution in [0.2, 0.25) is 0 Å². The van der Waals surface area contributed by atoms with Crippen LogP contribution < -0.4 is 5.73 Å². The number of rotatable bonds is 7. The Morgan fingerprint density at radius 1 is 1.37 bits per heavy atom. The summed E-state index contributed by atoms with van der Waals surface area (Å²) >= 11 is 0. The van der Waals surface area contributed by atoms with Crippen molar-refractivity contribution in [1.82, 2.24) is 4.90 Å². The molecule has 0 aromatic carbocycles. The van der Waals surface area contributed by atoms with Gasteiger partial charge in [-0.3, -0.25) is 9.59 Å². The number of hydrogen-bond donors (Lipinski definition) is 2. The number of hydrogen-bond acceptors (Lipinski definition) is 5. The van der Waals surface area contributed by atoms with E-state index in [-0.39, 0.29) is 17.9 Å². The zero-order valence-corrected chi connectivity index (χ0v) is 11.8. The van der Waals surface area contributed by atoms with Gasteiger partial charge in [0.2, 0.25) is 5.91 Å². The average molecular weight is 292 g/mol. The summed E-state index contributed by atoms with van der Waals surface area (Å²) in [5.41, 5.74) is 4.11. The van der Waals surface area contributed by atoms with Crippen molar-refractivity contribution in [2.75, 3.05) is 31.1 Å². The van der Waals surface area contributed by atoms with E-state index in [2.05, 4.69) is 0 Å². The predicted molar refractivity (Wildman–Crippen MR) is 69.3 cm³/mol. The third-order valence-corrected chi connectivity index (χ3v) is 5.08. The summed E-state index contributed by atoms with van der Waals surface area (Å²) in [4.78, 5) is 23.4. The van der Waals surface area contributed by atoms with E-state index in [4.69, 9.17) is 10.8 Å². The van der Waals surface area contributed by atoms with Crippen molar-refractivity contribution in [2.24, 2.45) is 11.1 Å². The van der Waals surface area contributed by atoms with Gasteiger partial charge in [0.1, 0.15) is 0 Å². The minimum Gasteiger partial charge on any atom is -0.481 e. The molecular weight excluding hydrogens is 272 g/mol. The minimum atomic E-state index is -3.31. The second-order valence-electron chi connectivity index (χ2n) is 5.26. The summed E-state index contributed by atoms with van der Waals surface area (Å²) in [6.45, 7) is 2.89. The Morgan fingerprint density at radius 2 is 2.00 bits per heavy atom. The Morgan fingerprint density at radius 3 is 2.47 bits per heavy atom. The largest absolute Gasteiger partial charge is 0.481 e. The van der Waals surface area contributed by atoms with Gasteiger partial charge in [-0.15, -0.1) is 0 Å². The van der Waals surface area contributed by atoms with E-state index < -0.39 is 27.1 Å². The van der Waals surface area contributed by atoms with E-state index in [1.807, 2.05) is 4.90 Å². The van der Waals surface area contributed by atoms with Gasteiger partial charge < -0.3 is 15.7 Å². The van der Waals surface area contributed by atoms with Gasteiger partial charge in [0, 0.05) is 19.5 Å². The lowest BCUT2D eigenvalue weighted by Gasteiger charge is -2.19. The van der Waals surface area contributed by atoms with Gasteiger partial charge in [0.05, 0.1) is 16.9 Å². The molecule has 1 rings (SSSR count). The van der Waals surface area contributed by atoms with Crippen molar-refractivity contribution in [3.8, 4) is 0 Å². The molecule has 0 bridgehead atoms. The Labute approximate surface area is 112 Å². The maximum Gasteiger partial charge on any atom is 0.310 e. The van der Waals surface area contributed by atoms with Gasteiger partial charge in [-0.25, -0.2) is 8.42 Å². The summed E-state index contributed by atoms with van der Waals surface area (Å²) < 4.78 is 23.3. The molecule has 1 atom stereocenters. The van der Waals surface area contributed by atoms with Gasteiger partial charge in [-0.2, -0.15) is 0 Å². The van der Waals surface area contributed by atoms with Crippen LogP contribution in [0.4, 0.5) is 0 Å². The highest BCUT2D eigenvalue weighted by atomic mass is 32.2. The van der Waals surface area contributed by atoms with Crippen molar-refractivity contribution in [1.29, 1.82) is 0 Å². The number of amides is 1. The molecule has 1 aliphatic heterocycles. The molecule has 0 radical (unpaired) electrons. The zero-order valence-electron chi connectivity index (χ0n) is 11.0. The van der Waals surface area contributed by atoms with Crippen LogP contribution in [0, 0.1) is 5.41 Å². The number of carbonyl (C=O) groups is 2. The molecule has 1 amide bonds. The number of primary amides is 1. The first-order chi connectivity index (χ1) is 8.65. The van der Waals surface area contributed by atoms with Crippen LogP contribution in [0.1, 0.15) is 19.8 Å². The summed E-state index contributed by atoms with van der Waals surface area (Å²) in [6, 6.07) is 0. The molecule has 0 aliphatic carbocycles. The molecule has 0 aromatic heterocycles. The second-order valence-corrected chi connectivity index (χ2v) is 7.56. The number of nitrogens with zero attached hydrogens (tertiary/aromatic N) is 1. The summed E-state index contributed by atoms with van der Waals surface area (Å²) in [7, 11) is -3.31. The van der Waals surface area contributed by atoms with Crippen molar-refractivity contribution in [3.63, 3.8) is 0 Å². The van der Waals surface area contributed by atoms with Crippen LogP contribution in [0.25, 0.3) is 0 Å². The lowest BCUT2D eigenvalue weighted by molar-refractivity contribution is -0.147. The fourth-order valence-corrected chi connectivity index (χ4v) is 3.30. The predicted octanol–water partition coefficient (Wildman–Crippen LogP) is -0.927. The molecular formula is C11H20N2O5S. The fourth-order valence-electron chi connectivity index (χ4n) is 2.05. The Balaban J connectivity index is 2.42. The molecule has 3 N–H and O–H groups in total. The Bertz CT molecular complexity index is 462. The first-order valence-corrected chi connectivity index (χ1v) is 7.91. The Kier molecular flexibility index (Phi) is 4.92. The lowest BCUT2D eigenvalue weighted by Crippen LogP contribution is -2.34. The number of nitrogens with two attached hydrogens (primary N) is 1. The molecule has 0 spiro atoms. The molecule has 110 valence electrons. The summed E-state index contributed by atoms with van der Waals surface area (Å²) in [6.07, 6.45) is 0.346. The molecule has 0 aromatic rings. The van der Waals surface area contributed by atoms with Crippen LogP contribution >= 0.6 is 0 Å². The number of aliphatic carboxylic acids is 1. The zero-order chi connectivity index (χ0) is 14.7. The van der Waals surface area contributed by atoms with E-state index in [0.29, 0.717) is 26.1 Å². The molecule has 7 nitrogen and oxygen atoms in total. The third-order valence-electron chi connectivity index (χ3n) is 3.45. The van der Waals surface area contributed by atoms with E-state index in [1.165, 1.54) is 0 Å². The maximum absolute atomic E-state index is 11.6. The number of sulfone groups is 1. The van der Waals surface area contributed by atoms with Crippen molar-refractivity contribution >= 4 is 21.7 Å². The van der Waals surface area contributed by atoms with Crippen LogP contribution in [0.5, 0.6) is 0 Å². The van der Waals surface area contributed by atoms with Crippen LogP contribution in [0.3, 0.4) is 0 Å². The molecule has 8 heteroatoms. The van der Waals surface area contributed by atoms with E-state index >= 15 is 0 Å². The third kappa shape index (κ3) is 4.79.